The first kappa shape index (κ1) is 17.9. The first-order valence-corrected chi connectivity index (χ1v) is 9.17. The third-order valence-corrected chi connectivity index (χ3v) is 5.86. The molecule has 1 aromatic heterocycles. The molecule has 1 saturated carbocycles. The summed E-state index contributed by atoms with van der Waals surface area (Å²) in [5.74, 6) is -0.493. The van der Waals surface area contributed by atoms with Crippen molar-refractivity contribution < 1.29 is 14.0 Å². The molecule has 7 heteroatoms. The number of nitrogens with zero attached hydrogens (tertiary/aromatic N) is 2. The highest BCUT2D eigenvalue weighted by molar-refractivity contribution is 5.94. The van der Waals surface area contributed by atoms with Crippen molar-refractivity contribution in [1.29, 1.82) is 0 Å². The molecule has 0 spiro atoms. The van der Waals surface area contributed by atoms with Crippen molar-refractivity contribution in [2.45, 2.75) is 58.7 Å². The lowest BCUT2D eigenvalue weighted by molar-refractivity contribution is -0.144. The van der Waals surface area contributed by atoms with E-state index in [0.29, 0.717) is 38.0 Å². The Bertz CT molecular complexity index is 660. The summed E-state index contributed by atoms with van der Waals surface area (Å²) < 4.78 is 13.5. The second-order valence-corrected chi connectivity index (χ2v) is 7.34. The molecule has 138 valence electrons. The van der Waals surface area contributed by atoms with Crippen LogP contribution in [-0.2, 0) is 4.79 Å². The number of aromatic amines is 1. The molecular formula is C18H27FN4O2. The van der Waals surface area contributed by atoms with Crippen LogP contribution in [0.25, 0.3) is 0 Å². The Balaban J connectivity index is 1.61. The predicted octanol–water partition coefficient (Wildman–Crippen LogP) is 2.13. The molecule has 2 heterocycles. The number of carbonyl (C=O) groups excluding carboxylic acids is 2. The lowest BCUT2D eigenvalue weighted by Gasteiger charge is -2.42. The summed E-state index contributed by atoms with van der Waals surface area (Å²) in [4.78, 5) is 26.7. The highest BCUT2D eigenvalue weighted by Crippen LogP contribution is 2.33. The fourth-order valence-electron chi connectivity index (χ4n) is 3.75. The van der Waals surface area contributed by atoms with Gasteiger partial charge >= 0.3 is 0 Å². The van der Waals surface area contributed by atoms with E-state index in [1.807, 2.05) is 13.8 Å². The summed E-state index contributed by atoms with van der Waals surface area (Å²) in [6.45, 7) is 6.97. The Hall–Kier alpha value is -1.92. The van der Waals surface area contributed by atoms with Gasteiger partial charge in [-0.25, -0.2) is 4.39 Å². The third-order valence-electron chi connectivity index (χ3n) is 5.86. The molecule has 0 aromatic carbocycles. The van der Waals surface area contributed by atoms with Crippen molar-refractivity contribution in [1.82, 2.24) is 20.4 Å². The monoisotopic (exact) mass is 350 g/mol. The predicted molar refractivity (Wildman–Crippen MR) is 91.9 cm³/mol. The van der Waals surface area contributed by atoms with E-state index in [1.54, 1.807) is 4.90 Å². The van der Waals surface area contributed by atoms with Gasteiger partial charge < -0.3 is 10.2 Å². The van der Waals surface area contributed by atoms with E-state index in [-0.39, 0.29) is 23.8 Å². The van der Waals surface area contributed by atoms with Gasteiger partial charge in [-0.3, -0.25) is 14.7 Å². The summed E-state index contributed by atoms with van der Waals surface area (Å²) >= 11 is 0. The Morgan fingerprint density at radius 3 is 2.60 bits per heavy atom. The number of rotatable bonds is 4. The van der Waals surface area contributed by atoms with Gasteiger partial charge in [-0.1, -0.05) is 6.92 Å². The SMILES string of the molecule is CCC1CN(C(=O)C2CCC2F)CCC1NC(=O)c1n[nH]c(C)c1C. The van der Waals surface area contributed by atoms with E-state index in [1.165, 1.54) is 0 Å². The highest BCUT2D eigenvalue weighted by atomic mass is 19.1. The van der Waals surface area contributed by atoms with Gasteiger partial charge in [-0.2, -0.15) is 5.10 Å². The largest absolute Gasteiger partial charge is 0.347 e. The number of hydrogen-bond donors (Lipinski definition) is 2. The molecule has 2 fully saturated rings. The third kappa shape index (κ3) is 3.41. The van der Waals surface area contributed by atoms with Gasteiger partial charge in [0.15, 0.2) is 5.69 Å². The number of piperidine rings is 1. The first-order chi connectivity index (χ1) is 11.9. The van der Waals surface area contributed by atoms with E-state index < -0.39 is 12.1 Å². The zero-order valence-corrected chi connectivity index (χ0v) is 15.1. The normalized spacial score (nSPS) is 29.2. The number of aromatic nitrogens is 2. The molecule has 25 heavy (non-hydrogen) atoms. The number of hydrogen-bond acceptors (Lipinski definition) is 3. The van der Waals surface area contributed by atoms with Crippen molar-refractivity contribution in [3.05, 3.63) is 17.0 Å². The molecule has 1 aliphatic carbocycles. The number of alkyl halides is 1. The van der Waals surface area contributed by atoms with Crippen LogP contribution in [0.15, 0.2) is 0 Å². The van der Waals surface area contributed by atoms with Crippen LogP contribution in [-0.4, -0.2) is 52.2 Å². The Kier molecular flexibility index (Phi) is 5.11. The Morgan fingerprint density at radius 2 is 2.08 bits per heavy atom. The number of aryl methyl sites for hydroxylation is 1. The van der Waals surface area contributed by atoms with Crippen molar-refractivity contribution in [2.75, 3.05) is 13.1 Å². The van der Waals surface area contributed by atoms with E-state index in [0.717, 1.165) is 17.7 Å². The number of nitrogens with one attached hydrogen (secondary N) is 2. The molecule has 2 amide bonds. The maximum atomic E-state index is 13.5. The molecule has 0 bridgehead atoms. The minimum Gasteiger partial charge on any atom is -0.347 e. The van der Waals surface area contributed by atoms with Crippen molar-refractivity contribution in [3.8, 4) is 0 Å². The molecule has 6 nitrogen and oxygen atoms in total. The molecule has 3 rings (SSSR count). The number of H-pyrrole nitrogens is 1. The fourth-order valence-corrected chi connectivity index (χ4v) is 3.75. The van der Waals surface area contributed by atoms with Crippen LogP contribution in [0.5, 0.6) is 0 Å². The van der Waals surface area contributed by atoms with Crippen LogP contribution in [0.2, 0.25) is 0 Å². The summed E-state index contributed by atoms with van der Waals surface area (Å²) in [6.07, 6.45) is 1.74. The first-order valence-electron chi connectivity index (χ1n) is 9.17. The summed E-state index contributed by atoms with van der Waals surface area (Å²) in [7, 11) is 0. The number of halogens is 1. The van der Waals surface area contributed by atoms with Gasteiger partial charge in [0.1, 0.15) is 6.17 Å². The average molecular weight is 350 g/mol. The van der Waals surface area contributed by atoms with E-state index in [2.05, 4.69) is 22.4 Å². The maximum Gasteiger partial charge on any atom is 0.272 e. The minimum absolute atomic E-state index is 0.0144. The molecule has 4 unspecified atom stereocenters. The lowest BCUT2D eigenvalue weighted by atomic mass is 9.81. The minimum atomic E-state index is -0.976. The van der Waals surface area contributed by atoms with E-state index in [4.69, 9.17) is 0 Å². The smallest absolute Gasteiger partial charge is 0.272 e. The topological polar surface area (TPSA) is 78.1 Å². The van der Waals surface area contributed by atoms with Gasteiger partial charge in [0.2, 0.25) is 5.91 Å². The molecular weight excluding hydrogens is 323 g/mol. The number of carbonyl (C=O) groups is 2. The second-order valence-electron chi connectivity index (χ2n) is 7.34. The Morgan fingerprint density at radius 1 is 1.32 bits per heavy atom. The highest BCUT2D eigenvalue weighted by Gasteiger charge is 2.41. The summed E-state index contributed by atoms with van der Waals surface area (Å²) in [5, 5.41) is 10.00. The van der Waals surface area contributed by atoms with Crippen LogP contribution in [0.4, 0.5) is 4.39 Å². The number of likely N-dealkylation sites (tertiary alicyclic amines) is 1. The summed E-state index contributed by atoms with van der Waals surface area (Å²) in [6, 6.07) is 0.0144. The van der Waals surface area contributed by atoms with Crippen molar-refractivity contribution in [2.24, 2.45) is 11.8 Å². The quantitative estimate of drug-likeness (QED) is 0.873. The lowest BCUT2D eigenvalue weighted by Crippen LogP contribution is -2.55. The fraction of sp³-hybridized carbons (Fsp3) is 0.722. The molecule has 1 aromatic rings. The molecule has 2 aliphatic rings. The molecule has 1 aliphatic heterocycles. The molecule has 0 radical (unpaired) electrons. The van der Waals surface area contributed by atoms with Crippen LogP contribution in [0.1, 0.15) is 54.4 Å². The van der Waals surface area contributed by atoms with Crippen LogP contribution in [0, 0.1) is 25.7 Å². The van der Waals surface area contributed by atoms with Gasteiger partial charge in [0, 0.05) is 30.4 Å². The molecule has 2 N–H and O–H groups in total. The van der Waals surface area contributed by atoms with Crippen LogP contribution in [0.3, 0.4) is 0 Å². The van der Waals surface area contributed by atoms with E-state index in [9.17, 15) is 14.0 Å². The van der Waals surface area contributed by atoms with Crippen LogP contribution < -0.4 is 5.32 Å². The Labute approximate surface area is 147 Å². The second kappa shape index (κ2) is 7.14. The van der Waals surface area contributed by atoms with Crippen molar-refractivity contribution in [3.63, 3.8) is 0 Å². The molecule has 1 saturated heterocycles. The summed E-state index contributed by atoms with van der Waals surface area (Å²) in [5.41, 5.74) is 2.18. The van der Waals surface area contributed by atoms with Crippen molar-refractivity contribution >= 4 is 11.8 Å². The zero-order valence-electron chi connectivity index (χ0n) is 15.1. The zero-order chi connectivity index (χ0) is 18.1. The standard InChI is InChI=1S/C18H27FN4O2/c1-4-12-9-23(18(25)13-5-6-14(13)19)8-7-15(12)20-17(24)16-10(2)11(3)21-22-16/h12-15H,4-9H2,1-3H3,(H,20,24)(H,21,22). The van der Waals surface area contributed by atoms with E-state index >= 15 is 0 Å². The number of amides is 2. The van der Waals surface area contributed by atoms with Crippen LogP contribution >= 0.6 is 0 Å². The molecule has 4 atom stereocenters. The van der Waals surface area contributed by atoms with Gasteiger partial charge in [-0.05, 0) is 45.4 Å². The van der Waals surface area contributed by atoms with Gasteiger partial charge in [-0.15, -0.1) is 0 Å². The van der Waals surface area contributed by atoms with Gasteiger partial charge in [0.25, 0.3) is 5.91 Å². The maximum absolute atomic E-state index is 13.5. The average Bonchev–Trinajstić information content (AvgIpc) is 2.93. The van der Waals surface area contributed by atoms with Gasteiger partial charge in [0.05, 0.1) is 5.92 Å².